The van der Waals surface area contributed by atoms with Gasteiger partial charge < -0.3 is 15.4 Å². The van der Waals surface area contributed by atoms with Crippen LogP contribution in [0.5, 0.6) is 0 Å². The molecule has 3 N–H and O–H groups in total. The van der Waals surface area contributed by atoms with Crippen LogP contribution in [0.4, 0.5) is 0 Å². The van der Waals surface area contributed by atoms with Gasteiger partial charge in [-0.25, -0.2) is 0 Å². The Bertz CT molecular complexity index is 257. The van der Waals surface area contributed by atoms with Crippen LogP contribution in [0, 0.1) is 0 Å². The molecule has 4 nitrogen and oxygen atoms in total. The van der Waals surface area contributed by atoms with Gasteiger partial charge in [0.15, 0.2) is 0 Å². The van der Waals surface area contributed by atoms with Crippen molar-refractivity contribution in [3.05, 3.63) is 24.0 Å². The third-order valence-electron chi connectivity index (χ3n) is 1.96. The molecule has 1 aromatic rings. The van der Waals surface area contributed by atoms with E-state index in [2.05, 4.69) is 10.3 Å². The van der Waals surface area contributed by atoms with E-state index >= 15 is 0 Å². The van der Waals surface area contributed by atoms with E-state index in [1.807, 2.05) is 19.3 Å². The largest absolute Gasteiger partial charge is 0.481 e. The molecule has 1 atom stereocenters. The predicted octanol–water partition coefficient (Wildman–Crippen LogP) is 0.792. The van der Waals surface area contributed by atoms with Crippen molar-refractivity contribution in [2.45, 2.75) is 12.3 Å². The highest BCUT2D eigenvalue weighted by Crippen LogP contribution is 2.17. The number of likely N-dealkylation sites (N-methyl/N-ethyl adjacent to an activating group) is 1. The van der Waals surface area contributed by atoms with Crippen LogP contribution in [0.1, 0.15) is 17.9 Å². The van der Waals surface area contributed by atoms with Gasteiger partial charge in [-0.1, -0.05) is 0 Å². The molecule has 0 radical (unpaired) electrons. The van der Waals surface area contributed by atoms with Gasteiger partial charge in [-0.05, 0) is 18.7 Å². The number of carbonyl (C=O) groups is 1. The lowest BCUT2D eigenvalue weighted by atomic mass is 9.98. The van der Waals surface area contributed by atoms with Gasteiger partial charge in [0.05, 0.1) is 6.42 Å². The quantitative estimate of drug-likeness (QED) is 0.630. The Morgan fingerprint density at radius 1 is 1.77 bits per heavy atom. The van der Waals surface area contributed by atoms with E-state index in [0.29, 0.717) is 6.54 Å². The first kappa shape index (κ1) is 9.80. The summed E-state index contributed by atoms with van der Waals surface area (Å²) in [6.45, 7) is 0.685. The lowest BCUT2D eigenvalue weighted by molar-refractivity contribution is -0.137. The number of hydrogen-bond donors (Lipinski definition) is 3. The zero-order valence-electron chi connectivity index (χ0n) is 7.58. The Kier molecular flexibility index (Phi) is 3.52. The van der Waals surface area contributed by atoms with Crippen molar-refractivity contribution in [2.75, 3.05) is 13.6 Å². The van der Waals surface area contributed by atoms with E-state index in [9.17, 15) is 4.79 Å². The summed E-state index contributed by atoms with van der Waals surface area (Å²) in [5, 5.41) is 11.7. The second kappa shape index (κ2) is 4.67. The maximum absolute atomic E-state index is 10.5. The van der Waals surface area contributed by atoms with Gasteiger partial charge in [-0.3, -0.25) is 4.79 Å². The monoisotopic (exact) mass is 182 g/mol. The Labute approximate surface area is 77.0 Å². The van der Waals surface area contributed by atoms with Gasteiger partial charge in [0.2, 0.25) is 0 Å². The number of carboxylic acid groups (broad SMARTS) is 1. The number of rotatable bonds is 5. The molecule has 1 aromatic heterocycles. The van der Waals surface area contributed by atoms with Gasteiger partial charge in [0, 0.05) is 24.9 Å². The summed E-state index contributed by atoms with van der Waals surface area (Å²) in [7, 11) is 1.82. The van der Waals surface area contributed by atoms with Crippen LogP contribution in [0.2, 0.25) is 0 Å². The highest BCUT2D eigenvalue weighted by molar-refractivity contribution is 5.68. The molecule has 0 aliphatic carbocycles. The molecule has 0 fully saturated rings. The van der Waals surface area contributed by atoms with Crippen molar-refractivity contribution in [1.82, 2.24) is 10.3 Å². The van der Waals surface area contributed by atoms with Gasteiger partial charge >= 0.3 is 5.97 Å². The van der Waals surface area contributed by atoms with Gasteiger partial charge in [0.25, 0.3) is 0 Å². The van der Waals surface area contributed by atoms with E-state index in [-0.39, 0.29) is 12.3 Å². The van der Waals surface area contributed by atoms with Gasteiger partial charge in [0.1, 0.15) is 0 Å². The molecule has 72 valence electrons. The number of hydrogen-bond acceptors (Lipinski definition) is 2. The van der Waals surface area contributed by atoms with Crippen LogP contribution in [-0.4, -0.2) is 29.7 Å². The molecule has 0 aliphatic rings. The Morgan fingerprint density at radius 3 is 3.00 bits per heavy atom. The molecule has 0 aromatic carbocycles. The highest BCUT2D eigenvalue weighted by atomic mass is 16.4. The first-order valence-electron chi connectivity index (χ1n) is 4.23. The maximum atomic E-state index is 10.5. The molecular weight excluding hydrogens is 168 g/mol. The number of carboxylic acids is 1. The minimum atomic E-state index is -0.763. The fourth-order valence-corrected chi connectivity index (χ4v) is 1.36. The summed E-state index contributed by atoms with van der Waals surface area (Å²) in [5.41, 5.74) is 1.04. The molecule has 0 spiro atoms. The molecule has 0 amide bonds. The van der Waals surface area contributed by atoms with Crippen molar-refractivity contribution in [3.8, 4) is 0 Å². The normalized spacial score (nSPS) is 12.7. The van der Waals surface area contributed by atoms with Crippen LogP contribution >= 0.6 is 0 Å². The van der Waals surface area contributed by atoms with Crippen LogP contribution < -0.4 is 5.32 Å². The summed E-state index contributed by atoms with van der Waals surface area (Å²) in [4.78, 5) is 13.5. The molecule has 0 aliphatic heterocycles. The fourth-order valence-electron chi connectivity index (χ4n) is 1.36. The summed E-state index contributed by atoms with van der Waals surface area (Å²) >= 11 is 0. The second-order valence-electron chi connectivity index (χ2n) is 3.00. The highest BCUT2D eigenvalue weighted by Gasteiger charge is 2.14. The number of aromatic amines is 1. The topological polar surface area (TPSA) is 65.1 Å². The molecule has 0 saturated heterocycles. The SMILES string of the molecule is CNCC(CC(=O)O)c1cc[nH]c1. The van der Waals surface area contributed by atoms with E-state index in [1.54, 1.807) is 6.20 Å². The zero-order chi connectivity index (χ0) is 9.68. The van der Waals surface area contributed by atoms with Gasteiger partial charge in [-0.2, -0.15) is 0 Å². The lowest BCUT2D eigenvalue weighted by Gasteiger charge is -2.11. The molecule has 1 rings (SSSR count). The standard InChI is InChI=1S/C9H14N2O2/c1-10-5-8(4-9(12)13)7-2-3-11-6-7/h2-3,6,8,10-11H,4-5H2,1H3,(H,12,13). The summed E-state index contributed by atoms with van der Waals surface area (Å²) < 4.78 is 0. The first-order valence-corrected chi connectivity index (χ1v) is 4.23. The Morgan fingerprint density at radius 2 is 2.54 bits per heavy atom. The van der Waals surface area contributed by atoms with Crippen LogP contribution in [0.3, 0.4) is 0 Å². The molecule has 0 saturated carbocycles. The number of aromatic nitrogens is 1. The predicted molar refractivity (Wildman–Crippen MR) is 49.7 cm³/mol. The van der Waals surface area contributed by atoms with Crippen molar-refractivity contribution in [2.24, 2.45) is 0 Å². The molecule has 1 heterocycles. The van der Waals surface area contributed by atoms with Crippen molar-refractivity contribution < 1.29 is 9.90 Å². The third kappa shape index (κ3) is 2.91. The minimum absolute atomic E-state index is 0.0498. The number of aliphatic carboxylic acids is 1. The van der Waals surface area contributed by atoms with E-state index < -0.39 is 5.97 Å². The second-order valence-corrected chi connectivity index (χ2v) is 3.00. The molecule has 13 heavy (non-hydrogen) atoms. The van der Waals surface area contributed by atoms with Crippen molar-refractivity contribution in [1.29, 1.82) is 0 Å². The number of nitrogens with one attached hydrogen (secondary N) is 2. The molecular formula is C9H14N2O2. The van der Waals surface area contributed by atoms with Crippen LogP contribution in [-0.2, 0) is 4.79 Å². The van der Waals surface area contributed by atoms with E-state index in [1.165, 1.54) is 0 Å². The average molecular weight is 182 g/mol. The Hall–Kier alpha value is -1.29. The molecule has 0 bridgehead atoms. The van der Waals surface area contributed by atoms with Crippen LogP contribution in [0.15, 0.2) is 18.5 Å². The summed E-state index contributed by atoms with van der Waals surface area (Å²) in [5.74, 6) is -0.713. The molecule has 1 unspecified atom stereocenters. The number of H-pyrrole nitrogens is 1. The molecule has 4 heteroatoms. The fraction of sp³-hybridized carbons (Fsp3) is 0.444. The lowest BCUT2D eigenvalue weighted by Crippen LogP contribution is -2.19. The van der Waals surface area contributed by atoms with Crippen molar-refractivity contribution >= 4 is 5.97 Å². The van der Waals surface area contributed by atoms with Crippen molar-refractivity contribution in [3.63, 3.8) is 0 Å². The first-order chi connectivity index (χ1) is 6.24. The maximum Gasteiger partial charge on any atom is 0.304 e. The van der Waals surface area contributed by atoms with E-state index in [0.717, 1.165) is 5.56 Å². The average Bonchev–Trinajstić information content (AvgIpc) is 2.54. The summed E-state index contributed by atoms with van der Waals surface area (Å²) in [6.07, 6.45) is 3.81. The smallest absolute Gasteiger partial charge is 0.304 e. The van der Waals surface area contributed by atoms with Crippen LogP contribution in [0.25, 0.3) is 0 Å². The van der Waals surface area contributed by atoms with E-state index in [4.69, 9.17) is 5.11 Å². The zero-order valence-corrected chi connectivity index (χ0v) is 7.58. The van der Waals surface area contributed by atoms with Gasteiger partial charge in [-0.15, -0.1) is 0 Å². The summed E-state index contributed by atoms with van der Waals surface area (Å²) in [6, 6.07) is 1.91. The minimum Gasteiger partial charge on any atom is -0.481 e. The Balaban J connectivity index is 2.62. The third-order valence-corrected chi connectivity index (χ3v) is 1.96.